The molecule has 0 bridgehead atoms. The van der Waals surface area contributed by atoms with Crippen LogP contribution in [0.15, 0.2) is 47.1 Å². The number of rotatable bonds is 6. The van der Waals surface area contributed by atoms with Crippen LogP contribution in [0, 0.1) is 0 Å². The summed E-state index contributed by atoms with van der Waals surface area (Å²) in [7, 11) is 0. The first kappa shape index (κ1) is 18.1. The molecule has 2 aromatic rings. The fourth-order valence-electron chi connectivity index (χ4n) is 2.19. The number of amides is 1. The van der Waals surface area contributed by atoms with E-state index in [-0.39, 0.29) is 24.5 Å². The van der Waals surface area contributed by atoms with Gasteiger partial charge in [-0.2, -0.15) is 0 Å². The van der Waals surface area contributed by atoms with Gasteiger partial charge >= 0.3 is 0 Å². The highest BCUT2D eigenvalue weighted by molar-refractivity contribution is 5.77. The zero-order chi connectivity index (χ0) is 17.8. The van der Waals surface area contributed by atoms with Crippen molar-refractivity contribution in [1.29, 1.82) is 0 Å². The van der Waals surface area contributed by atoms with Gasteiger partial charge in [0.2, 0.25) is 0 Å². The van der Waals surface area contributed by atoms with E-state index in [1.54, 1.807) is 19.1 Å². The zero-order valence-corrected chi connectivity index (χ0v) is 14.6. The molecule has 130 valence electrons. The summed E-state index contributed by atoms with van der Waals surface area (Å²) in [5, 5.41) is 12.9. The van der Waals surface area contributed by atoms with Crippen LogP contribution in [0.5, 0.6) is 5.75 Å². The van der Waals surface area contributed by atoms with E-state index in [0.717, 1.165) is 0 Å². The standard InChI is InChI=1S/C19H25NO4/c1-18(2,3)14-7-9-15(10-8-14)24-12-17(21)20-13-19(4,22)16-6-5-11-23-16/h5-11,22H,12-13H2,1-4H3,(H,20,21). The molecule has 5 heteroatoms. The smallest absolute Gasteiger partial charge is 0.258 e. The Morgan fingerprint density at radius 1 is 1.17 bits per heavy atom. The molecular weight excluding hydrogens is 306 g/mol. The monoisotopic (exact) mass is 331 g/mol. The average molecular weight is 331 g/mol. The van der Waals surface area contributed by atoms with Gasteiger partial charge < -0.3 is 19.6 Å². The Kier molecular flexibility index (Phi) is 5.34. The molecule has 1 aromatic heterocycles. The fraction of sp³-hybridized carbons (Fsp3) is 0.421. The maximum atomic E-state index is 11.9. The molecule has 2 rings (SSSR count). The normalized spacial score (nSPS) is 14.0. The van der Waals surface area contributed by atoms with Crippen molar-refractivity contribution in [2.24, 2.45) is 0 Å². The molecule has 0 aliphatic heterocycles. The van der Waals surface area contributed by atoms with Gasteiger partial charge in [0.25, 0.3) is 5.91 Å². The quantitative estimate of drug-likeness (QED) is 0.853. The molecule has 1 unspecified atom stereocenters. The van der Waals surface area contributed by atoms with Crippen molar-refractivity contribution in [3.63, 3.8) is 0 Å². The zero-order valence-electron chi connectivity index (χ0n) is 14.6. The maximum Gasteiger partial charge on any atom is 0.258 e. The Bertz CT molecular complexity index is 652. The summed E-state index contributed by atoms with van der Waals surface area (Å²) in [5.74, 6) is 0.735. The van der Waals surface area contributed by atoms with Crippen LogP contribution < -0.4 is 10.1 Å². The molecule has 24 heavy (non-hydrogen) atoms. The first-order valence-electron chi connectivity index (χ1n) is 7.95. The van der Waals surface area contributed by atoms with Crippen molar-refractivity contribution in [3.8, 4) is 5.75 Å². The van der Waals surface area contributed by atoms with Gasteiger partial charge in [-0.1, -0.05) is 32.9 Å². The molecule has 0 radical (unpaired) electrons. The Balaban J connectivity index is 1.81. The van der Waals surface area contributed by atoms with Gasteiger partial charge in [0, 0.05) is 0 Å². The molecule has 0 fully saturated rings. The third-order valence-electron chi connectivity index (χ3n) is 3.77. The van der Waals surface area contributed by atoms with Crippen LogP contribution in [0.25, 0.3) is 0 Å². The molecule has 0 aliphatic rings. The molecule has 1 amide bonds. The van der Waals surface area contributed by atoms with Crippen molar-refractivity contribution in [2.75, 3.05) is 13.2 Å². The number of furan rings is 1. The van der Waals surface area contributed by atoms with Crippen molar-refractivity contribution < 1.29 is 19.1 Å². The van der Waals surface area contributed by atoms with Crippen molar-refractivity contribution in [1.82, 2.24) is 5.32 Å². The van der Waals surface area contributed by atoms with E-state index in [0.29, 0.717) is 11.5 Å². The van der Waals surface area contributed by atoms with Gasteiger partial charge in [0.15, 0.2) is 6.61 Å². The lowest BCUT2D eigenvalue weighted by Crippen LogP contribution is -2.40. The lowest BCUT2D eigenvalue weighted by atomic mass is 9.87. The van der Waals surface area contributed by atoms with E-state index < -0.39 is 5.60 Å². The van der Waals surface area contributed by atoms with Gasteiger partial charge in [-0.3, -0.25) is 4.79 Å². The summed E-state index contributed by atoms with van der Waals surface area (Å²) in [5.41, 5.74) is 0.0229. The molecule has 0 saturated heterocycles. The van der Waals surface area contributed by atoms with Crippen LogP contribution in [-0.4, -0.2) is 24.2 Å². The summed E-state index contributed by atoms with van der Waals surface area (Å²) >= 11 is 0. The number of carbonyl (C=O) groups excluding carboxylic acids is 1. The Labute approximate surface area is 142 Å². The molecule has 0 spiro atoms. The third-order valence-corrected chi connectivity index (χ3v) is 3.77. The van der Waals surface area contributed by atoms with Gasteiger partial charge in [-0.25, -0.2) is 0 Å². The number of benzene rings is 1. The summed E-state index contributed by atoms with van der Waals surface area (Å²) in [6, 6.07) is 11.1. The topological polar surface area (TPSA) is 71.7 Å². The fourth-order valence-corrected chi connectivity index (χ4v) is 2.19. The number of hydrogen-bond acceptors (Lipinski definition) is 4. The minimum Gasteiger partial charge on any atom is -0.484 e. The van der Waals surface area contributed by atoms with Crippen LogP contribution in [0.4, 0.5) is 0 Å². The average Bonchev–Trinajstić information content (AvgIpc) is 3.06. The van der Waals surface area contributed by atoms with Gasteiger partial charge in [0.05, 0.1) is 12.8 Å². The molecule has 0 saturated carbocycles. The summed E-state index contributed by atoms with van der Waals surface area (Å²) < 4.78 is 10.6. The molecule has 5 nitrogen and oxygen atoms in total. The van der Waals surface area contributed by atoms with E-state index in [4.69, 9.17) is 9.15 Å². The van der Waals surface area contributed by atoms with Crippen molar-refractivity contribution in [3.05, 3.63) is 54.0 Å². The van der Waals surface area contributed by atoms with Crippen molar-refractivity contribution in [2.45, 2.75) is 38.7 Å². The van der Waals surface area contributed by atoms with Crippen molar-refractivity contribution >= 4 is 5.91 Å². The van der Waals surface area contributed by atoms with E-state index in [2.05, 4.69) is 26.1 Å². The molecule has 1 heterocycles. The SMILES string of the molecule is CC(C)(C)c1ccc(OCC(=O)NCC(C)(O)c2ccco2)cc1. The van der Waals surface area contributed by atoms with Crippen LogP contribution in [-0.2, 0) is 15.8 Å². The van der Waals surface area contributed by atoms with Crippen LogP contribution in [0.1, 0.15) is 39.0 Å². The molecule has 0 aliphatic carbocycles. The highest BCUT2D eigenvalue weighted by Gasteiger charge is 2.26. The van der Waals surface area contributed by atoms with E-state index in [9.17, 15) is 9.90 Å². The second kappa shape index (κ2) is 7.09. The second-order valence-electron chi connectivity index (χ2n) is 7.09. The van der Waals surface area contributed by atoms with Crippen LogP contribution >= 0.6 is 0 Å². The van der Waals surface area contributed by atoms with Gasteiger partial charge in [-0.15, -0.1) is 0 Å². The molecular formula is C19H25NO4. The van der Waals surface area contributed by atoms with Gasteiger partial charge in [0.1, 0.15) is 17.1 Å². The van der Waals surface area contributed by atoms with Crippen LogP contribution in [0.2, 0.25) is 0 Å². The number of nitrogens with one attached hydrogen (secondary N) is 1. The lowest BCUT2D eigenvalue weighted by molar-refractivity contribution is -0.124. The van der Waals surface area contributed by atoms with E-state index in [1.807, 2.05) is 24.3 Å². The van der Waals surface area contributed by atoms with E-state index in [1.165, 1.54) is 11.8 Å². The predicted octanol–water partition coefficient (Wildman–Crippen LogP) is 2.98. The lowest BCUT2D eigenvalue weighted by Gasteiger charge is -2.21. The highest BCUT2D eigenvalue weighted by Crippen LogP contribution is 2.24. The minimum absolute atomic E-state index is 0.0473. The Morgan fingerprint density at radius 3 is 2.38 bits per heavy atom. The first-order valence-corrected chi connectivity index (χ1v) is 7.95. The third kappa shape index (κ3) is 4.86. The first-order chi connectivity index (χ1) is 11.2. The number of aliphatic hydroxyl groups is 1. The number of carbonyl (C=O) groups is 1. The predicted molar refractivity (Wildman–Crippen MR) is 91.9 cm³/mol. The summed E-state index contributed by atoms with van der Waals surface area (Å²) in [6.07, 6.45) is 1.48. The second-order valence-corrected chi connectivity index (χ2v) is 7.09. The Hall–Kier alpha value is -2.27. The summed E-state index contributed by atoms with van der Waals surface area (Å²) in [4.78, 5) is 11.9. The molecule has 1 aromatic carbocycles. The molecule has 2 N–H and O–H groups in total. The Morgan fingerprint density at radius 2 is 1.83 bits per heavy atom. The van der Waals surface area contributed by atoms with Gasteiger partial charge in [-0.05, 0) is 42.2 Å². The minimum atomic E-state index is -1.26. The largest absolute Gasteiger partial charge is 0.484 e. The maximum absolute atomic E-state index is 11.9. The van der Waals surface area contributed by atoms with Crippen LogP contribution in [0.3, 0.4) is 0 Å². The van der Waals surface area contributed by atoms with E-state index >= 15 is 0 Å². The number of ether oxygens (including phenoxy) is 1. The molecule has 1 atom stereocenters. The number of hydrogen-bond donors (Lipinski definition) is 2. The summed E-state index contributed by atoms with van der Waals surface area (Å²) in [6.45, 7) is 7.94. The highest BCUT2D eigenvalue weighted by atomic mass is 16.5.